The summed E-state index contributed by atoms with van der Waals surface area (Å²) in [6, 6.07) is 16.2. The van der Waals surface area contributed by atoms with Crippen molar-refractivity contribution in [3.63, 3.8) is 0 Å². The average molecular weight is 399 g/mol. The molecule has 8 heteroatoms. The van der Waals surface area contributed by atoms with Crippen LogP contribution in [-0.4, -0.2) is 27.4 Å². The summed E-state index contributed by atoms with van der Waals surface area (Å²) >= 11 is 5.99. The second-order valence-corrected chi connectivity index (χ2v) is 7.52. The van der Waals surface area contributed by atoms with Gasteiger partial charge in [0.05, 0.1) is 5.69 Å². The molecule has 0 bridgehead atoms. The van der Waals surface area contributed by atoms with Crippen molar-refractivity contribution >= 4 is 57.5 Å². The highest BCUT2D eigenvalue weighted by molar-refractivity contribution is 8.15. The lowest BCUT2D eigenvalue weighted by molar-refractivity contribution is -0.123. The third-order valence-corrected chi connectivity index (χ3v) is 5.08. The quantitative estimate of drug-likeness (QED) is 0.767. The zero-order valence-electron chi connectivity index (χ0n) is 14.5. The van der Waals surface area contributed by atoms with E-state index >= 15 is 0 Å². The molecule has 0 unspecified atom stereocenters. The Hall–Kier alpha value is -2.71. The number of anilines is 2. The van der Waals surface area contributed by atoms with Crippen LogP contribution in [0.4, 0.5) is 16.2 Å². The van der Waals surface area contributed by atoms with Gasteiger partial charge in [-0.2, -0.15) is 0 Å². The number of carbonyl (C=O) groups is 3. The highest BCUT2D eigenvalue weighted by Gasteiger charge is 2.41. The van der Waals surface area contributed by atoms with Gasteiger partial charge in [-0.3, -0.25) is 14.4 Å². The van der Waals surface area contributed by atoms with Gasteiger partial charge in [-0.25, -0.2) is 4.90 Å². The number of aryl methyl sites for hydroxylation is 1. The molecule has 0 aliphatic carbocycles. The molecule has 0 aromatic heterocycles. The largest absolute Gasteiger partial charge is 0.332 e. The minimum atomic E-state index is -0.764. The van der Waals surface area contributed by atoms with E-state index < -0.39 is 17.1 Å². The number of nitrogens with zero attached hydrogens (tertiary/aromatic N) is 1. The van der Waals surface area contributed by atoms with Crippen LogP contribution in [-0.2, 0) is 9.59 Å². The summed E-state index contributed by atoms with van der Waals surface area (Å²) in [5.74, 6) is -0.822. The monoisotopic (exact) mass is 399 g/mol. The number of thiocarbonyl (C=S) groups is 1. The molecule has 2 N–H and O–H groups in total. The van der Waals surface area contributed by atoms with E-state index in [1.807, 2.05) is 31.2 Å². The maximum atomic E-state index is 12.5. The molecule has 1 aliphatic rings. The SMILES string of the molecule is Cc1cccc(NC(=S)NC(=O)C[C@H]2SC(=O)N(c3ccccc3)C2=O)c1. The first-order valence-corrected chi connectivity index (χ1v) is 9.50. The van der Waals surface area contributed by atoms with Gasteiger partial charge < -0.3 is 10.6 Å². The van der Waals surface area contributed by atoms with Gasteiger partial charge in [0.1, 0.15) is 5.25 Å². The number of hydrogen-bond acceptors (Lipinski definition) is 5. The summed E-state index contributed by atoms with van der Waals surface area (Å²) < 4.78 is 0. The molecule has 0 radical (unpaired) electrons. The van der Waals surface area contributed by atoms with E-state index in [2.05, 4.69) is 10.6 Å². The average Bonchev–Trinajstić information content (AvgIpc) is 2.89. The van der Waals surface area contributed by atoms with E-state index in [4.69, 9.17) is 12.2 Å². The van der Waals surface area contributed by atoms with Crippen molar-refractivity contribution in [3.8, 4) is 0 Å². The Morgan fingerprint density at radius 1 is 1.15 bits per heavy atom. The van der Waals surface area contributed by atoms with Crippen molar-refractivity contribution in [2.45, 2.75) is 18.6 Å². The first-order chi connectivity index (χ1) is 12.9. The van der Waals surface area contributed by atoms with Gasteiger partial charge in [-0.15, -0.1) is 0 Å². The smallest absolute Gasteiger partial charge is 0.293 e. The van der Waals surface area contributed by atoms with Crippen molar-refractivity contribution < 1.29 is 14.4 Å². The number of benzene rings is 2. The highest BCUT2D eigenvalue weighted by atomic mass is 32.2. The first kappa shape index (κ1) is 19.1. The number of carbonyl (C=O) groups excluding carboxylic acids is 3. The van der Waals surface area contributed by atoms with Crippen molar-refractivity contribution in [1.82, 2.24) is 5.32 Å². The minimum Gasteiger partial charge on any atom is -0.332 e. The maximum absolute atomic E-state index is 12.5. The predicted octanol–water partition coefficient (Wildman–Crippen LogP) is 3.47. The predicted molar refractivity (Wildman–Crippen MR) is 111 cm³/mol. The normalized spacial score (nSPS) is 16.3. The summed E-state index contributed by atoms with van der Waals surface area (Å²) in [6.07, 6.45) is -0.131. The van der Waals surface area contributed by atoms with Crippen LogP contribution in [0.25, 0.3) is 0 Å². The topological polar surface area (TPSA) is 78.5 Å². The lowest BCUT2D eigenvalue weighted by Gasteiger charge is -2.14. The Balaban J connectivity index is 1.57. The van der Waals surface area contributed by atoms with Crippen LogP contribution >= 0.6 is 24.0 Å². The van der Waals surface area contributed by atoms with Gasteiger partial charge in [0, 0.05) is 12.1 Å². The highest BCUT2D eigenvalue weighted by Crippen LogP contribution is 2.33. The summed E-state index contributed by atoms with van der Waals surface area (Å²) in [7, 11) is 0. The van der Waals surface area contributed by atoms with Crippen LogP contribution in [0.3, 0.4) is 0 Å². The van der Waals surface area contributed by atoms with Gasteiger partial charge in [-0.1, -0.05) is 30.3 Å². The Morgan fingerprint density at radius 2 is 1.89 bits per heavy atom. The fourth-order valence-electron chi connectivity index (χ4n) is 2.63. The molecule has 1 aliphatic heterocycles. The molecule has 6 nitrogen and oxygen atoms in total. The van der Waals surface area contributed by atoms with E-state index in [0.29, 0.717) is 5.69 Å². The Labute approximate surface area is 166 Å². The third kappa shape index (κ3) is 4.72. The summed E-state index contributed by atoms with van der Waals surface area (Å²) in [4.78, 5) is 38.0. The lowest BCUT2D eigenvalue weighted by Crippen LogP contribution is -2.38. The second kappa shape index (κ2) is 8.32. The fourth-order valence-corrected chi connectivity index (χ4v) is 3.85. The lowest BCUT2D eigenvalue weighted by atomic mass is 10.2. The number of hydrogen-bond donors (Lipinski definition) is 2. The summed E-state index contributed by atoms with van der Waals surface area (Å²) in [6.45, 7) is 1.95. The maximum Gasteiger partial charge on any atom is 0.293 e. The van der Waals surface area contributed by atoms with Crippen molar-refractivity contribution in [2.75, 3.05) is 10.2 Å². The molecule has 3 amide bonds. The number of nitrogens with one attached hydrogen (secondary N) is 2. The zero-order valence-corrected chi connectivity index (χ0v) is 16.1. The molecule has 138 valence electrons. The second-order valence-electron chi connectivity index (χ2n) is 5.96. The minimum absolute atomic E-state index is 0.131. The standard InChI is InChI=1S/C19H17N3O3S2/c1-12-6-5-7-13(10-12)20-18(26)21-16(23)11-15-17(24)22(19(25)27-15)14-8-3-2-4-9-14/h2-10,15H,11H2,1H3,(H2,20,21,23,26)/t15-/m1/s1. The molecular formula is C19H17N3O3S2. The molecule has 2 aromatic carbocycles. The van der Waals surface area contributed by atoms with E-state index in [-0.39, 0.29) is 16.8 Å². The first-order valence-electron chi connectivity index (χ1n) is 8.21. The zero-order chi connectivity index (χ0) is 19.4. The molecule has 1 atom stereocenters. The summed E-state index contributed by atoms with van der Waals surface area (Å²) in [5, 5.41) is 4.47. The number of amides is 3. The van der Waals surface area contributed by atoms with Crippen LogP contribution in [0, 0.1) is 6.92 Å². The molecule has 27 heavy (non-hydrogen) atoms. The summed E-state index contributed by atoms with van der Waals surface area (Å²) in [5.41, 5.74) is 2.32. The van der Waals surface area contributed by atoms with E-state index in [9.17, 15) is 14.4 Å². The van der Waals surface area contributed by atoms with Crippen molar-refractivity contribution in [2.24, 2.45) is 0 Å². The Morgan fingerprint density at radius 3 is 2.59 bits per heavy atom. The Bertz CT molecular complexity index is 902. The van der Waals surface area contributed by atoms with Crippen molar-refractivity contribution in [3.05, 3.63) is 60.2 Å². The molecule has 0 spiro atoms. The van der Waals surface area contributed by atoms with Gasteiger partial charge in [0.2, 0.25) is 11.8 Å². The molecule has 3 rings (SSSR count). The number of rotatable bonds is 4. The molecule has 1 saturated heterocycles. The number of para-hydroxylation sites is 1. The molecule has 0 saturated carbocycles. The molecule has 1 heterocycles. The van der Waals surface area contributed by atoms with Gasteiger partial charge in [0.25, 0.3) is 5.24 Å². The van der Waals surface area contributed by atoms with E-state index in [1.165, 1.54) is 0 Å². The number of thioether (sulfide) groups is 1. The van der Waals surface area contributed by atoms with Crippen LogP contribution < -0.4 is 15.5 Å². The van der Waals surface area contributed by atoms with Gasteiger partial charge in [-0.05, 0) is 60.7 Å². The van der Waals surface area contributed by atoms with Crippen molar-refractivity contribution in [1.29, 1.82) is 0 Å². The molecule has 1 fully saturated rings. The molecular weight excluding hydrogens is 382 g/mol. The number of imide groups is 1. The van der Waals surface area contributed by atoms with Crippen LogP contribution in [0.1, 0.15) is 12.0 Å². The van der Waals surface area contributed by atoms with Crippen LogP contribution in [0.5, 0.6) is 0 Å². The van der Waals surface area contributed by atoms with Crippen LogP contribution in [0.15, 0.2) is 54.6 Å². The van der Waals surface area contributed by atoms with Crippen LogP contribution in [0.2, 0.25) is 0 Å². The van der Waals surface area contributed by atoms with Gasteiger partial charge in [0.15, 0.2) is 5.11 Å². The Kier molecular flexibility index (Phi) is 5.88. The van der Waals surface area contributed by atoms with E-state index in [0.717, 1.165) is 27.9 Å². The fraction of sp³-hybridized carbons (Fsp3) is 0.158. The van der Waals surface area contributed by atoms with E-state index in [1.54, 1.807) is 30.3 Å². The third-order valence-electron chi connectivity index (χ3n) is 3.84. The molecule has 2 aromatic rings. The van der Waals surface area contributed by atoms with Gasteiger partial charge >= 0.3 is 0 Å².